The molecule has 0 atom stereocenters. The van der Waals surface area contributed by atoms with E-state index in [1.54, 1.807) is 72.8 Å². The Morgan fingerprint density at radius 2 is 0.885 bits per heavy atom. The third-order valence-electron chi connectivity index (χ3n) is 3.31. The van der Waals surface area contributed by atoms with Crippen molar-refractivity contribution < 1.29 is 13.1 Å². The topological polar surface area (TPSA) is 27.7 Å². The number of hydrogen-bond donors (Lipinski definition) is 0. The average molecular weight is 449 g/mol. The van der Waals surface area contributed by atoms with E-state index in [9.17, 15) is 0 Å². The summed E-state index contributed by atoms with van der Waals surface area (Å²) in [5.74, 6) is 0.986. The molecule has 0 saturated carbocycles. The van der Waals surface area contributed by atoms with Gasteiger partial charge in [-0.1, -0.05) is 34.8 Å². The van der Waals surface area contributed by atoms with Crippen LogP contribution in [0.2, 0.25) is 15.1 Å². The van der Waals surface area contributed by atoms with E-state index in [-0.39, 0.29) is 0 Å². The standard InChI is InChI=1S/C18H12Cl4O3P/c19-13-1-7-16(8-2-13)23-26(25-22,18-11-5-15(21)6-12-18)24-17-9-3-14(20)4-10-17/h1-12H/q+1. The molecule has 134 valence electrons. The second-order valence-electron chi connectivity index (χ2n) is 5.13. The smallest absolute Gasteiger partial charge is 0.273 e. The molecular weight excluding hydrogens is 437 g/mol. The lowest BCUT2D eigenvalue weighted by Gasteiger charge is -2.19. The van der Waals surface area contributed by atoms with Gasteiger partial charge in [-0.25, -0.2) is 0 Å². The van der Waals surface area contributed by atoms with Crippen LogP contribution in [-0.4, -0.2) is 0 Å². The second-order valence-corrected chi connectivity index (χ2v) is 8.87. The van der Waals surface area contributed by atoms with Crippen LogP contribution in [0.1, 0.15) is 0 Å². The zero-order valence-electron chi connectivity index (χ0n) is 13.1. The molecule has 0 bridgehead atoms. The van der Waals surface area contributed by atoms with Gasteiger partial charge in [0.15, 0.2) is 11.5 Å². The predicted octanol–water partition coefficient (Wildman–Crippen LogP) is 7.36. The maximum atomic E-state index is 6.07. The highest BCUT2D eigenvalue weighted by Crippen LogP contribution is 2.61. The van der Waals surface area contributed by atoms with E-state index in [0.29, 0.717) is 31.9 Å². The maximum absolute atomic E-state index is 6.07. The van der Waals surface area contributed by atoms with Gasteiger partial charge in [0, 0.05) is 15.1 Å². The molecule has 0 aliphatic carbocycles. The highest BCUT2D eigenvalue weighted by Gasteiger charge is 2.52. The van der Waals surface area contributed by atoms with Crippen LogP contribution >= 0.6 is 54.6 Å². The first-order chi connectivity index (χ1) is 12.5. The Morgan fingerprint density at radius 1 is 0.538 bits per heavy atom. The molecule has 0 aliphatic heterocycles. The third kappa shape index (κ3) is 4.75. The molecule has 0 saturated heterocycles. The largest absolute Gasteiger partial charge is 0.553 e. The molecule has 0 radical (unpaired) electrons. The van der Waals surface area contributed by atoms with Crippen molar-refractivity contribution in [1.29, 1.82) is 0 Å². The van der Waals surface area contributed by atoms with Crippen LogP contribution in [0, 0.1) is 0 Å². The molecule has 3 aromatic carbocycles. The molecule has 0 heterocycles. The van der Waals surface area contributed by atoms with Crippen molar-refractivity contribution in [3.63, 3.8) is 0 Å². The van der Waals surface area contributed by atoms with Gasteiger partial charge in [0.1, 0.15) is 11.9 Å². The van der Waals surface area contributed by atoms with E-state index < -0.39 is 7.94 Å². The summed E-state index contributed by atoms with van der Waals surface area (Å²) >= 11 is 23.7. The highest BCUT2D eigenvalue weighted by atomic mass is 35.5. The SMILES string of the molecule is ClO[P+](Oc1ccc(Cl)cc1)(Oc1ccc(Cl)cc1)c1ccc(Cl)cc1. The van der Waals surface area contributed by atoms with Gasteiger partial charge in [-0.3, -0.25) is 9.05 Å². The molecular formula is C18H12Cl4O3P+. The van der Waals surface area contributed by atoms with E-state index in [1.807, 2.05) is 0 Å². The van der Waals surface area contributed by atoms with Gasteiger partial charge in [-0.2, -0.15) is 0 Å². The Labute approximate surface area is 172 Å². The Kier molecular flexibility index (Phi) is 6.52. The lowest BCUT2D eigenvalue weighted by Crippen LogP contribution is -2.21. The summed E-state index contributed by atoms with van der Waals surface area (Å²) in [7, 11) is -3.20. The van der Waals surface area contributed by atoms with Crippen molar-refractivity contribution >= 4 is 59.9 Å². The molecule has 0 fully saturated rings. The summed E-state index contributed by atoms with van der Waals surface area (Å²) in [5.41, 5.74) is 0. The van der Waals surface area contributed by atoms with Crippen LogP contribution < -0.4 is 14.4 Å². The molecule has 3 aromatic rings. The van der Waals surface area contributed by atoms with E-state index in [2.05, 4.69) is 0 Å². The third-order valence-corrected chi connectivity index (χ3v) is 6.63. The summed E-state index contributed by atoms with van der Waals surface area (Å²) in [6.45, 7) is 0. The molecule has 0 amide bonds. The van der Waals surface area contributed by atoms with Crippen LogP contribution in [0.4, 0.5) is 0 Å². The quantitative estimate of drug-likeness (QED) is 0.368. The summed E-state index contributed by atoms with van der Waals surface area (Å²) in [4.78, 5) is 0. The Hall–Kier alpha value is -1.19. The zero-order valence-corrected chi connectivity index (χ0v) is 17.0. The van der Waals surface area contributed by atoms with E-state index in [1.165, 1.54) is 0 Å². The van der Waals surface area contributed by atoms with Crippen molar-refractivity contribution in [2.45, 2.75) is 0 Å². The van der Waals surface area contributed by atoms with Crippen molar-refractivity contribution in [3.8, 4) is 11.5 Å². The summed E-state index contributed by atoms with van der Waals surface area (Å²) in [5, 5.41) is 2.34. The molecule has 0 aromatic heterocycles. The minimum absolute atomic E-state index is 0.493. The summed E-state index contributed by atoms with van der Waals surface area (Å²) in [6, 6.07) is 20.5. The van der Waals surface area contributed by atoms with Crippen molar-refractivity contribution in [2.75, 3.05) is 0 Å². The number of benzene rings is 3. The van der Waals surface area contributed by atoms with Gasteiger partial charge in [0.05, 0.1) is 0 Å². The molecule has 0 spiro atoms. The monoisotopic (exact) mass is 447 g/mol. The van der Waals surface area contributed by atoms with Crippen LogP contribution in [0.3, 0.4) is 0 Å². The van der Waals surface area contributed by atoms with Crippen LogP contribution in [0.25, 0.3) is 0 Å². The fourth-order valence-corrected chi connectivity index (χ4v) is 4.57. The number of rotatable bonds is 6. The van der Waals surface area contributed by atoms with Crippen LogP contribution in [0.5, 0.6) is 11.5 Å². The Bertz CT molecular complexity index is 808. The predicted molar refractivity (Wildman–Crippen MR) is 109 cm³/mol. The molecule has 3 rings (SSSR count). The van der Waals surface area contributed by atoms with E-state index in [0.717, 1.165) is 0 Å². The van der Waals surface area contributed by atoms with Gasteiger partial charge in [-0.15, -0.1) is 0 Å². The van der Waals surface area contributed by atoms with Crippen LogP contribution in [-0.2, 0) is 4.08 Å². The highest BCUT2D eigenvalue weighted by molar-refractivity contribution is 7.71. The van der Waals surface area contributed by atoms with Gasteiger partial charge in [0.25, 0.3) is 0 Å². The number of halogens is 4. The van der Waals surface area contributed by atoms with Crippen molar-refractivity contribution in [1.82, 2.24) is 0 Å². The maximum Gasteiger partial charge on any atom is 0.553 e. The summed E-state index contributed by atoms with van der Waals surface area (Å²) in [6.07, 6.45) is 0. The molecule has 0 aliphatic rings. The minimum atomic E-state index is -3.20. The number of hydrogen-bond acceptors (Lipinski definition) is 3. The second kappa shape index (κ2) is 8.67. The van der Waals surface area contributed by atoms with E-state index >= 15 is 0 Å². The zero-order chi connectivity index (χ0) is 18.6. The first-order valence-corrected chi connectivity index (χ1v) is 10.4. The molecule has 0 N–H and O–H groups in total. The van der Waals surface area contributed by atoms with Gasteiger partial charge in [0.2, 0.25) is 5.30 Å². The van der Waals surface area contributed by atoms with Crippen molar-refractivity contribution in [2.24, 2.45) is 0 Å². The van der Waals surface area contributed by atoms with Gasteiger partial charge >= 0.3 is 7.94 Å². The first kappa shape index (κ1) is 19.6. The molecule has 8 heteroatoms. The Morgan fingerprint density at radius 3 is 1.23 bits per heavy atom. The molecule has 0 unspecified atom stereocenters. The van der Waals surface area contributed by atoms with Crippen LogP contribution in [0.15, 0.2) is 72.8 Å². The van der Waals surface area contributed by atoms with Gasteiger partial charge in [-0.05, 0) is 76.9 Å². The van der Waals surface area contributed by atoms with E-state index in [4.69, 9.17) is 59.8 Å². The summed E-state index contributed by atoms with van der Waals surface area (Å²) < 4.78 is 17.4. The normalized spacial score (nSPS) is 11.2. The minimum Gasteiger partial charge on any atom is -0.273 e. The fourth-order valence-electron chi connectivity index (χ4n) is 2.08. The average Bonchev–Trinajstić information content (AvgIpc) is 2.65. The molecule has 3 nitrogen and oxygen atoms in total. The first-order valence-electron chi connectivity index (χ1n) is 7.36. The van der Waals surface area contributed by atoms with Gasteiger partial charge < -0.3 is 0 Å². The van der Waals surface area contributed by atoms with Crippen molar-refractivity contribution in [3.05, 3.63) is 87.9 Å². The lowest BCUT2D eigenvalue weighted by molar-refractivity contribution is 0.383. The fraction of sp³-hybridized carbons (Fsp3) is 0. The lowest BCUT2D eigenvalue weighted by atomic mass is 10.3. The Balaban J connectivity index is 2.01. The molecule has 26 heavy (non-hydrogen) atoms.